The number of carbonyl (C=O) groups is 1. The largest absolute Gasteiger partial charge is 0.457 e. The molecule has 0 aromatic rings. The van der Waals surface area contributed by atoms with Crippen LogP contribution in [0.4, 0.5) is 0 Å². The van der Waals surface area contributed by atoms with Crippen LogP contribution in [-0.2, 0) is 14.3 Å². The van der Waals surface area contributed by atoms with E-state index < -0.39 is 11.7 Å². The SMILES string of the molecule is CC(=O)O[C@@H](C1CCC2C(CC3C4CCC5C(C)(C)[C@@H](O)CCC56CC46CCC23C)O1)C(C)(C)O.[HH]. The predicted molar refractivity (Wildman–Crippen MR) is 136 cm³/mol. The molecule has 1 saturated heterocycles. The number of esters is 1. The van der Waals surface area contributed by atoms with E-state index in [-0.39, 0.29) is 31.1 Å². The van der Waals surface area contributed by atoms with Gasteiger partial charge in [0.05, 0.1) is 23.9 Å². The molecule has 1 aliphatic heterocycles. The van der Waals surface area contributed by atoms with E-state index in [1.54, 1.807) is 13.8 Å². The Labute approximate surface area is 213 Å². The van der Waals surface area contributed by atoms with Gasteiger partial charge in [-0.15, -0.1) is 0 Å². The van der Waals surface area contributed by atoms with Gasteiger partial charge < -0.3 is 19.7 Å². The number of aliphatic hydroxyl groups excluding tert-OH is 1. The quantitative estimate of drug-likeness (QED) is 0.511. The minimum atomic E-state index is -1.13. The number of fused-ring (bicyclic) bond motifs is 4. The third-order valence-corrected chi connectivity index (χ3v) is 12.9. The second-order valence-corrected chi connectivity index (χ2v) is 15.0. The molecule has 9 unspecified atom stereocenters. The third kappa shape index (κ3) is 3.19. The predicted octanol–water partition coefficient (Wildman–Crippen LogP) is 5.50. The van der Waals surface area contributed by atoms with E-state index in [1.807, 2.05) is 0 Å². The van der Waals surface area contributed by atoms with E-state index in [4.69, 9.17) is 9.47 Å². The molecule has 35 heavy (non-hydrogen) atoms. The zero-order valence-electron chi connectivity index (χ0n) is 22.8. The number of carbonyl (C=O) groups excluding carboxylic acids is 1. The molecular formula is C30H50O5. The molecule has 5 saturated carbocycles. The van der Waals surface area contributed by atoms with Gasteiger partial charge in [0.2, 0.25) is 0 Å². The van der Waals surface area contributed by atoms with Crippen molar-refractivity contribution in [1.29, 1.82) is 0 Å². The highest BCUT2D eigenvalue weighted by Crippen LogP contribution is 2.87. The first-order valence-electron chi connectivity index (χ1n) is 14.5. The van der Waals surface area contributed by atoms with Crippen molar-refractivity contribution >= 4 is 5.97 Å². The van der Waals surface area contributed by atoms with Crippen molar-refractivity contribution in [3.05, 3.63) is 0 Å². The van der Waals surface area contributed by atoms with Crippen molar-refractivity contribution in [3.63, 3.8) is 0 Å². The summed E-state index contributed by atoms with van der Waals surface area (Å²) in [5.41, 5.74) is 0.212. The van der Waals surface area contributed by atoms with Crippen molar-refractivity contribution in [2.75, 3.05) is 0 Å². The van der Waals surface area contributed by atoms with Gasteiger partial charge >= 0.3 is 5.97 Å². The summed E-state index contributed by atoms with van der Waals surface area (Å²) >= 11 is 0. The van der Waals surface area contributed by atoms with Crippen LogP contribution >= 0.6 is 0 Å². The van der Waals surface area contributed by atoms with E-state index in [1.165, 1.54) is 45.4 Å². The minimum absolute atomic E-state index is 0. The molecule has 5 heteroatoms. The van der Waals surface area contributed by atoms with E-state index >= 15 is 0 Å². The molecule has 0 amide bonds. The van der Waals surface area contributed by atoms with E-state index in [0.717, 1.165) is 31.6 Å². The zero-order chi connectivity index (χ0) is 25.2. The van der Waals surface area contributed by atoms with E-state index in [9.17, 15) is 15.0 Å². The van der Waals surface area contributed by atoms with Gasteiger partial charge in [-0.05, 0) is 123 Å². The molecule has 6 fully saturated rings. The Morgan fingerprint density at radius 3 is 2.40 bits per heavy atom. The summed E-state index contributed by atoms with van der Waals surface area (Å²) in [4.78, 5) is 11.8. The third-order valence-electron chi connectivity index (χ3n) is 12.9. The lowest BCUT2D eigenvalue weighted by Gasteiger charge is -2.59. The molecule has 0 bridgehead atoms. The molecule has 5 nitrogen and oxygen atoms in total. The molecule has 5 aliphatic carbocycles. The topological polar surface area (TPSA) is 76.0 Å². The maximum Gasteiger partial charge on any atom is 0.303 e. The fraction of sp³-hybridized carbons (Fsp3) is 0.967. The first-order valence-corrected chi connectivity index (χ1v) is 14.5. The molecular weight excluding hydrogens is 440 g/mol. The van der Waals surface area contributed by atoms with Crippen LogP contribution < -0.4 is 0 Å². The first kappa shape index (κ1) is 24.7. The van der Waals surface area contributed by atoms with Crippen LogP contribution in [0.1, 0.15) is 107 Å². The van der Waals surface area contributed by atoms with Crippen molar-refractivity contribution in [3.8, 4) is 0 Å². The van der Waals surface area contributed by atoms with Crippen molar-refractivity contribution in [2.45, 2.75) is 136 Å². The highest BCUT2D eigenvalue weighted by Gasteiger charge is 2.80. The lowest BCUT2D eigenvalue weighted by molar-refractivity contribution is -0.200. The lowest BCUT2D eigenvalue weighted by atomic mass is 9.46. The summed E-state index contributed by atoms with van der Waals surface area (Å²) < 4.78 is 12.4. The highest BCUT2D eigenvalue weighted by molar-refractivity contribution is 5.66. The molecule has 0 aromatic heterocycles. The summed E-state index contributed by atoms with van der Waals surface area (Å²) in [7, 11) is 0. The van der Waals surface area contributed by atoms with Crippen LogP contribution in [-0.4, -0.2) is 46.2 Å². The smallest absolute Gasteiger partial charge is 0.303 e. The Morgan fingerprint density at radius 1 is 1.00 bits per heavy atom. The van der Waals surface area contributed by atoms with Crippen molar-refractivity contribution in [1.82, 2.24) is 0 Å². The number of ether oxygens (including phenoxy) is 2. The summed E-state index contributed by atoms with van der Waals surface area (Å²) in [6.07, 6.45) is 11.1. The van der Waals surface area contributed by atoms with Gasteiger partial charge in [-0.1, -0.05) is 20.8 Å². The molecule has 0 aromatic carbocycles. The van der Waals surface area contributed by atoms with Gasteiger partial charge in [0.15, 0.2) is 6.10 Å². The monoisotopic (exact) mass is 490 g/mol. The van der Waals surface area contributed by atoms with E-state index in [0.29, 0.717) is 34.0 Å². The van der Waals surface area contributed by atoms with Crippen molar-refractivity contribution in [2.24, 2.45) is 45.3 Å². The lowest BCUT2D eigenvalue weighted by Crippen LogP contribution is -2.54. The Hall–Kier alpha value is -0.650. The average molecular weight is 491 g/mol. The molecule has 6 aliphatic rings. The van der Waals surface area contributed by atoms with Crippen LogP contribution in [0, 0.1) is 45.3 Å². The van der Waals surface area contributed by atoms with Gasteiger partial charge in [-0.2, -0.15) is 0 Å². The fourth-order valence-electron chi connectivity index (χ4n) is 11.3. The Balaban J connectivity index is 0.00000267. The van der Waals surface area contributed by atoms with Crippen LogP contribution in [0.25, 0.3) is 0 Å². The highest BCUT2D eigenvalue weighted by atomic mass is 16.6. The van der Waals surface area contributed by atoms with Crippen LogP contribution in [0.3, 0.4) is 0 Å². The number of aliphatic hydroxyl groups is 2. The molecule has 0 radical (unpaired) electrons. The number of rotatable bonds is 3. The van der Waals surface area contributed by atoms with Gasteiger partial charge in [0, 0.05) is 8.35 Å². The van der Waals surface area contributed by atoms with Crippen molar-refractivity contribution < 1.29 is 25.9 Å². The summed E-state index contributed by atoms with van der Waals surface area (Å²) in [6, 6.07) is 0. The summed E-state index contributed by atoms with van der Waals surface area (Å²) in [5.74, 6) is 2.37. The maximum absolute atomic E-state index is 11.8. The molecule has 2 spiro atoms. The second-order valence-electron chi connectivity index (χ2n) is 15.0. The van der Waals surface area contributed by atoms with Gasteiger partial charge in [-0.3, -0.25) is 4.79 Å². The summed E-state index contributed by atoms with van der Waals surface area (Å²) in [6.45, 7) is 12.1. The molecule has 2 N–H and O–H groups in total. The zero-order valence-corrected chi connectivity index (χ0v) is 22.8. The van der Waals surface area contributed by atoms with Gasteiger partial charge in [0.25, 0.3) is 0 Å². The van der Waals surface area contributed by atoms with Crippen LogP contribution in [0.2, 0.25) is 0 Å². The molecule has 11 atom stereocenters. The van der Waals surface area contributed by atoms with Crippen LogP contribution in [0.5, 0.6) is 0 Å². The Morgan fingerprint density at radius 2 is 1.71 bits per heavy atom. The standard InChI is InChI=1S/C30H48O5.H2/c1-17(31)34-25(27(4,5)33)21-9-7-19-22(35-21)15-20-18-8-10-23-26(2,3)24(32)11-12-30(23)16-29(18,30)14-13-28(19,20)6;/h18-25,32-33H,7-16H2,1-6H3;1H/t18?,19?,20?,21?,22?,23?,24-,25-,28?,29?,30?;/m0./s1. The normalized spacial score (nSPS) is 52.7. The Bertz CT molecular complexity index is 898. The summed E-state index contributed by atoms with van der Waals surface area (Å²) in [5, 5.41) is 21.6. The maximum atomic E-state index is 11.8. The first-order chi connectivity index (χ1) is 16.3. The second kappa shape index (κ2) is 7.47. The number of hydrogen-bond acceptors (Lipinski definition) is 5. The Kier molecular flexibility index (Phi) is 5.27. The van der Waals surface area contributed by atoms with E-state index in [2.05, 4.69) is 20.8 Å². The number of hydrogen-bond donors (Lipinski definition) is 2. The molecule has 200 valence electrons. The van der Waals surface area contributed by atoms with Crippen LogP contribution in [0.15, 0.2) is 0 Å². The fourth-order valence-corrected chi connectivity index (χ4v) is 11.3. The molecule has 6 rings (SSSR count). The van der Waals surface area contributed by atoms with Gasteiger partial charge in [0.1, 0.15) is 0 Å². The van der Waals surface area contributed by atoms with Gasteiger partial charge in [-0.25, -0.2) is 0 Å². The molecule has 1 heterocycles. The minimum Gasteiger partial charge on any atom is -0.457 e. The average Bonchev–Trinajstić information content (AvgIpc) is 3.34.